The molecule has 0 spiro atoms. The first-order chi connectivity index (χ1) is 14.8. The zero-order valence-corrected chi connectivity index (χ0v) is 18.5. The SMILES string of the molecule is COc1ccc(-c2ccc(CC(=O)NCC(=O)N3CCN(S(C)(=O)=O)CC3)cc2)cc1. The normalized spacial score (nSPS) is 14.8. The van der Waals surface area contributed by atoms with Crippen molar-refractivity contribution >= 4 is 21.8 Å². The zero-order chi connectivity index (χ0) is 22.4. The van der Waals surface area contributed by atoms with Crippen LogP contribution in [0.4, 0.5) is 0 Å². The Hall–Kier alpha value is -2.91. The van der Waals surface area contributed by atoms with Gasteiger partial charge in [-0.3, -0.25) is 9.59 Å². The molecule has 0 aliphatic carbocycles. The van der Waals surface area contributed by atoms with E-state index >= 15 is 0 Å². The molecule has 9 heteroatoms. The molecule has 1 N–H and O–H groups in total. The summed E-state index contributed by atoms with van der Waals surface area (Å²) in [6.07, 6.45) is 1.34. The molecule has 0 bridgehead atoms. The maximum atomic E-state index is 12.3. The lowest BCUT2D eigenvalue weighted by Gasteiger charge is -2.33. The molecular formula is C22H27N3O5S. The van der Waals surface area contributed by atoms with Crippen molar-refractivity contribution in [3.8, 4) is 16.9 Å². The van der Waals surface area contributed by atoms with Gasteiger partial charge < -0.3 is 15.0 Å². The molecule has 0 radical (unpaired) electrons. The molecule has 2 aromatic rings. The average Bonchev–Trinajstić information content (AvgIpc) is 2.77. The number of rotatable bonds is 7. The largest absolute Gasteiger partial charge is 0.497 e. The van der Waals surface area contributed by atoms with Gasteiger partial charge in [0, 0.05) is 26.2 Å². The molecule has 3 rings (SSSR count). The van der Waals surface area contributed by atoms with Gasteiger partial charge in [-0.15, -0.1) is 0 Å². The average molecular weight is 446 g/mol. The summed E-state index contributed by atoms with van der Waals surface area (Å²) < 4.78 is 29.6. The maximum absolute atomic E-state index is 12.3. The molecular weight excluding hydrogens is 418 g/mol. The number of sulfonamides is 1. The summed E-state index contributed by atoms with van der Waals surface area (Å²) in [7, 11) is -1.61. The lowest BCUT2D eigenvalue weighted by molar-refractivity contribution is -0.133. The highest BCUT2D eigenvalue weighted by molar-refractivity contribution is 7.88. The van der Waals surface area contributed by atoms with Crippen molar-refractivity contribution in [3.63, 3.8) is 0 Å². The van der Waals surface area contributed by atoms with Crippen LogP contribution in [0.25, 0.3) is 11.1 Å². The first-order valence-corrected chi connectivity index (χ1v) is 11.8. The molecule has 1 aliphatic rings. The van der Waals surface area contributed by atoms with Gasteiger partial charge in [-0.05, 0) is 28.8 Å². The molecule has 0 atom stereocenters. The predicted molar refractivity (Wildman–Crippen MR) is 118 cm³/mol. The fourth-order valence-electron chi connectivity index (χ4n) is 3.40. The molecule has 0 unspecified atom stereocenters. The molecule has 1 fully saturated rings. The van der Waals surface area contributed by atoms with E-state index in [9.17, 15) is 18.0 Å². The topological polar surface area (TPSA) is 96.0 Å². The van der Waals surface area contributed by atoms with E-state index < -0.39 is 10.0 Å². The number of piperazine rings is 1. The van der Waals surface area contributed by atoms with Gasteiger partial charge in [0.05, 0.1) is 26.3 Å². The van der Waals surface area contributed by atoms with Crippen LogP contribution in [0.2, 0.25) is 0 Å². The van der Waals surface area contributed by atoms with Crippen LogP contribution in [0.15, 0.2) is 48.5 Å². The Morgan fingerprint density at radius 1 is 0.935 bits per heavy atom. The van der Waals surface area contributed by atoms with Gasteiger partial charge in [0.25, 0.3) is 0 Å². The van der Waals surface area contributed by atoms with E-state index in [1.165, 1.54) is 4.31 Å². The number of hydrogen-bond donors (Lipinski definition) is 1. The second-order valence-corrected chi connectivity index (χ2v) is 9.40. The van der Waals surface area contributed by atoms with Gasteiger partial charge in [-0.1, -0.05) is 36.4 Å². The van der Waals surface area contributed by atoms with Gasteiger partial charge in [0.15, 0.2) is 0 Å². The number of nitrogens with zero attached hydrogens (tertiary/aromatic N) is 2. The Labute approximate surface area is 182 Å². The molecule has 1 heterocycles. The monoisotopic (exact) mass is 445 g/mol. The van der Waals surface area contributed by atoms with Crippen molar-refractivity contribution < 1.29 is 22.7 Å². The van der Waals surface area contributed by atoms with Crippen molar-refractivity contribution in [2.24, 2.45) is 0 Å². The van der Waals surface area contributed by atoms with E-state index in [0.29, 0.717) is 13.1 Å². The van der Waals surface area contributed by atoms with Crippen LogP contribution in [0, 0.1) is 0 Å². The fourth-order valence-corrected chi connectivity index (χ4v) is 4.23. The minimum atomic E-state index is -3.24. The Morgan fingerprint density at radius 2 is 1.48 bits per heavy atom. The minimum Gasteiger partial charge on any atom is -0.497 e. The van der Waals surface area contributed by atoms with Crippen LogP contribution in [0.3, 0.4) is 0 Å². The quantitative estimate of drug-likeness (QED) is 0.689. The van der Waals surface area contributed by atoms with E-state index in [-0.39, 0.29) is 37.9 Å². The summed E-state index contributed by atoms with van der Waals surface area (Å²) in [4.78, 5) is 26.1. The summed E-state index contributed by atoms with van der Waals surface area (Å²) in [6.45, 7) is 1.11. The van der Waals surface area contributed by atoms with Crippen molar-refractivity contribution in [1.29, 1.82) is 0 Å². The number of ether oxygens (including phenoxy) is 1. The standard InChI is InChI=1S/C22H27N3O5S/c1-30-20-9-7-19(8-10-20)18-5-3-17(4-6-18)15-21(26)23-16-22(27)24-11-13-25(14-12-24)31(2,28)29/h3-10H,11-16H2,1-2H3,(H,23,26). The van der Waals surface area contributed by atoms with Gasteiger partial charge in [0.1, 0.15) is 5.75 Å². The highest BCUT2D eigenvalue weighted by Crippen LogP contribution is 2.22. The van der Waals surface area contributed by atoms with Gasteiger partial charge in [0.2, 0.25) is 21.8 Å². The van der Waals surface area contributed by atoms with Crippen molar-refractivity contribution in [2.45, 2.75) is 6.42 Å². The van der Waals surface area contributed by atoms with Crippen LogP contribution in [0.1, 0.15) is 5.56 Å². The maximum Gasteiger partial charge on any atom is 0.242 e. The highest BCUT2D eigenvalue weighted by atomic mass is 32.2. The van der Waals surface area contributed by atoms with E-state index in [1.54, 1.807) is 12.0 Å². The van der Waals surface area contributed by atoms with Gasteiger partial charge in [-0.2, -0.15) is 4.31 Å². The lowest BCUT2D eigenvalue weighted by atomic mass is 10.0. The molecule has 1 saturated heterocycles. The molecule has 31 heavy (non-hydrogen) atoms. The molecule has 8 nitrogen and oxygen atoms in total. The van der Waals surface area contributed by atoms with E-state index in [0.717, 1.165) is 28.7 Å². The smallest absolute Gasteiger partial charge is 0.242 e. The Morgan fingerprint density at radius 3 is 2.00 bits per heavy atom. The number of methoxy groups -OCH3 is 1. The number of benzene rings is 2. The van der Waals surface area contributed by atoms with Crippen molar-refractivity contribution in [2.75, 3.05) is 46.1 Å². The zero-order valence-electron chi connectivity index (χ0n) is 17.7. The third-order valence-electron chi connectivity index (χ3n) is 5.24. The van der Waals surface area contributed by atoms with Crippen LogP contribution < -0.4 is 10.1 Å². The molecule has 0 saturated carbocycles. The van der Waals surface area contributed by atoms with Crippen LogP contribution in [0.5, 0.6) is 5.75 Å². The summed E-state index contributed by atoms with van der Waals surface area (Å²) in [5, 5.41) is 2.65. The minimum absolute atomic E-state index is 0.0956. The number of carbonyl (C=O) groups is 2. The number of amides is 2. The van der Waals surface area contributed by atoms with Crippen molar-refractivity contribution in [3.05, 3.63) is 54.1 Å². The highest BCUT2D eigenvalue weighted by Gasteiger charge is 2.25. The summed E-state index contributed by atoms with van der Waals surface area (Å²) >= 11 is 0. The van der Waals surface area contributed by atoms with Crippen LogP contribution in [-0.4, -0.2) is 75.5 Å². The van der Waals surface area contributed by atoms with Gasteiger partial charge >= 0.3 is 0 Å². The second-order valence-electron chi connectivity index (χ2n) is 7.42. The predicted octanol–water partition coefficient (Wildman–Crippen LogP) is 1.12. The fraction of sp³-hybridized carbons (Fsp3) is 0.364. The molecule has 1 aliphatic heterocycles. The molecule has 166 valence electrons. The second kappa shape index (κ2) is 9.93. The third kappa shape index (κ3) is 6.28. The van der Waals surface area contributed by atoms with E-state index in [4.69, 9.17) is 4.74 Å². The van der Waals surface area contributed by atoms with E-state index in [2.05, 4.69) is 5.32 Å². The van der Waals surface area contributed by atoms with Crippen LogP contribution in [-0.2, 0) is 26.0 Å². The number of nitrogens with one attached hydrogen (secondary N) is 1. The first kappa shape index (κ1) is 22.8. The Kier molecular flexibility index (Phi) is 7.29. The lowest BCUT2D eigenvalue weighted by Crippen LogP contribution is -2.52. The Bertz CT molecular complexity index is 1010. The molecule has 0 aromatic heterocycles. The molecule has 2 amide bonds. The summed E-state index contributed by atoms with van der Waals surface area (Å²) in [6, 6.07) is 15.4. The molecule has 2 aromatic carbocycles. The summed E-state index contributed by atoms with van der Waals surface area (Å²) in [5.74, 6) is 0.348. The summed E-state index contributed by atoms with van der Waals surface area (Å²) in [5.41, 5.74) is 2.94. The number of carbonyl (C=O) groups excluding carboxylic acids is 2. The van der Waals surface area contributed by atoms with E-state index in [1.807, 2.05) is 48.5 Å². The van der Waals surface area contributed by atoms with Crippen molar-refractivity contribution in [1.82, 2.24) is 14.5 Å². The Balaban J connectivity index is 1.45. The number of hydrogen-bond acceptors (Lipinski definition) is 5. The van der Waals surface area contributed by atoms with Gasteiger partial charge in [-0.25, -0.2) is 8.42 Å². The first-order valence-electron chi connectivity index (χ1n) is 9.99. The third-order valence-corrected chi connectivity index (χ3v) is 6.54. The van der Waals surface area contributed by atoms with Crippen LogP contribution >= 0.6 is 0 Å².